The van der Waals surface area contributed by atoms with Gasteiger partial charge in [0.2, 0.25) is 0 Å². The fourth-order valence-corrected chi connectivity index (χ4v) is 2.05. The summed E-state index contributed by atoms with van der Waals surface area (Å²) in [5.74, 6) is 0. The zero-order valence-corrected chi connectivity index (χ0v) is 9.71. The number of nitrogens with zero attached hydrogens (tertiary/aromatic N) is 1. The molecule has 1 aliphatic rings. The van der Waals surface area contributed by atoms with E-state index in [2.05, 4.69) is 24.1 Å². The Morgan fingerprint density at radius 1 is 1.50 bits per heavy atom. The Bertz CT molecular complexity index is 169. The molecule has 0 bridgehead atoms. The van der Waals surface area contributed by atoms with Crippen LogP contribution in [0.3, 0.4) is 0 Å². The molecule has 0 aromatic carbocycles. The highest BCUT2D eigenvalue weighted by molar-refractivity contribution is 4.87. The normalized spacial score (nSPS) is 28.7. The molecular weight excluding hydrogens is 176 g/mol. The van der Waals surface area contributed by atoms with Crippen LogP contribution in [0.2, 0.25) is 0 Å². The summed E-state index contributed by atoms with van der Waals surface area (Å²) in [7, 11) is 1.92. The van der Waals surface area contributed by atoms with Crippen molar-refractivity contribution >= 4 is 0 Å². The molecular formula is C11H24N2O. The number of likely N-dealkylation sites (tertiary alicyclic amines) is 1. The average Bonchev–Trinajstić information content (AvgIpc) is 2.21. The molecule has 0 aromatic rings. The number of aliphatic hydroxyl groups is 1. The molecule has 1 heterocycles. The number of nitrogens with one attached hydrogen (secondary N) is 1. The van der Waals surface area contributed by atoms with Gasteiger partial charge in [0.15, 0.2) is 0 Å². The van der Waals surface area contributed by atoms with E-state index in [4.69, 9.17) is 0 Å². The highest BCUT2D eigenvalue weighted by Gasteiger charge is 2.28. The minimum absolute atomic E-state index is 0.147. The lowest BCUT2D eigenvalue weighted by molar-refractivity contribution is 0.0845. The van der Waals surface area contributed by atoms with Crippen molar-refractivity contribution in [1.82, 2.24) is 10.2 Å². The first-order valence-corrected chi connectivity index (χ1v) is 5.65. The molecule has 2 unspecified atom stereocenters. The SMILES string of the molecule is CNC(C)(CO)CN1CCCCC1C. The summed E-state index contributed by atoms with van der Waals surface area (Å²) in [6, 6.07) is 0.669. The van der Waals surface area contributed by atoms with Crippen LogP contribution >= 0.6 is 0 Å². The van der Waals surface area contributed by atoms with Crippen LogP contribution in [0.1, 0.15) is 33.1 Å². The summed E-state index contributed by atoms with van der Waals surface area (Å²) >= 11 is 0. The van der Waals surface area contributed by atoms with Crippen molar-refractivity contribution in [2.75, 3.05) is 26.7 Å². The summed E-state index contributed by atoms with van der Waals surface area (Å²) in [6.45, 7) is 6.69. The monoisotopic (exact) mass is 200 g/mol. The van der Waals surface area contributed by atoms with Gasteiger partial charge < -0.3 is 10.4 Å². The molecule has 2 N–H and O–H groups in total. The third-order valence-electron chi connectivity index (χ3n) is 3.45. The average molecular weight is 200 g/mol. The lowest BCUT2D eigenvalue weighted by Crippen LogP contribution is -2.55. The molecule has 0 saturated carbocycles. The number of likely N-dealkylation sites (N-methyl/N-ethyl adjacent to an activating group) is 1. The van der Waals surface area contributed by atoms with Crippen LogP contribution in [0.5, 0.6) is 0 Å². The van der Waals surface area contributed by atoms with Gasteiger partial charge in [-0.25, -0.2) is 0 Å². The molecule has 1 fully saturated rings. The van der Waals surface area contributed by atoms with E-state index in [0.717, 1.165) is 6.54 Å². The molecule has 1 aliphatic heterocycles. The zero-order chi connectivity index (χ0) is 10.6. The van der Waals surface area contributed by atoms with Crippen molar-refractivity contribution in [3.8, 4) is 0 Å². The Labute approximate surface area is 87.5 Å². The molecule has 3 nitrogen and oxygen atoms in total. The molecule has 14 heavy (non-hydrogen) atoms. The molecule has 2 atom stereocenters. The van der Waals surface area contributed by atoms with Gasteiger partial charge in [-0.15, -0.1) is 0 Å². The minimum atomic E-state index is -0.147. The van der Waals surface area contributed by atoms with E-state index in [0.29, 0.717) is 6.04 Å². The number of aliphatic hydroxyl groups excluding tert-OH is 1. The second-order valence-corrected chi connectivity index (χ2v) is 4.78. The minimum Gasteiger partial charge on any atom is -0.394 e. The third kappa shape index (κ3) is 2.94. The molecule has 0 spiro atoms. The Morgan fingerprint density at radius 3 is 2.71 bits per heavy atom. The molecule has 0 aromatic heterocycles. The zero-order valence-electron chi connectivity index (χ0n) is 9.71. The van der Waals surface area contributed by atoms with E-state index in [1.165, 1.54) is 25.8 Å². The predicted molar refractivity (Wildman–Crippen MR) is 59.4 cm³/mol. The van der Waals surface area contributed by atoms with Crippen molar-refractivity contribution in [3.05, 3.63) is 0 Å². The van der Waals surface area contributed by atoms with Crippen LogP contribution in [0.15, 0.2) is 0 Å². The van der Waals surface area contributed by atoms with Gasteiger partial charge in [0, 0.05) is 12.6 Å². The van der Waals surface area contributed by atoms with Crippen LogP contribution in [-0.4, -0.2) is 48.3 Å². The van der Waals surface area contributed by atoms with Crippen LogP contribution in [-0.2, 0) is 0 Å². The van der Waals surface area contributed by atoms with E-state index < -0.39 is 0 Å². The highest BCUT2D eigenvalue weighted by atomic mass is 16.3. The first-order valence-electron chi connectivity index (χ1n) is 5.65. The van der Waals surface area contributed by atoms with E-state index in [1.54, 1.807) is 0 Å². The Hall–Kier alpha value is -0.120. The van der Waals surface area contributed by atoms with E-state index in [9.17, 15) is 5.11 Å². The number of hydrogen-bond acceptors (Lipinski definition) is 3. The maximum Gasteiger partial charge on any atom is 0.0623 e. The van der Waals surface area contributed by atoms with E-state index in [-0.39, 0.29) is 12.1 Å². The van der Waals surface area contributed by atoms with Gasteiger partial charge in [0.25, 0.3) is 0 Å². The summed E-state index contributed by atoms with van der Waals surface area (Å²) in [5.41, 5.74) is -0.147. The number of rotatable bonds is 4. The van der Waals surface area contributed by atoms with Gasteiger partial charge in [-0.1, -0.05) is 6.42 Å². The predicted octanol–water partition coefficient (Wildman–Crippen LogP) is 0.831. The molecule has 1 rings (SSSR count). The maximum atomic E-state index is 9.31. The van der Waals surface area contributed by atoms with Crippen LogP contribution < -0.4 is 5.32 Å². The summed E-state index contributed by atoms with van der Waals surface area (Å²) in [5, 5.41) is 12.5. The van der Waals surface area contributed by atoms with E-state index >= 15 is 0 Å². The topological polar surface area (TPSA) is 35.5 Å². The van der Waals surface area contributed by atoms with Crippen LogP contribution in [0.4, 0.5) is 0 Å². The standard InChI is InChI=1S/C11H24N2O/c1-10-6-4-5-7-13(10)8-11(2,9-14)12-3/h10,12,14H,4-9H2,1-3H3. The van der Waals surface area contributed by atoms with Gasteiger partial charge in [-0.05, 0) is 40.3 Å². The number of hydrogen-bond donors (Lipinski definition) is 2. The fourth-order valence-electron chi connectivity index (χ4n) is 2.05. The van der Waals surface area contributed by atoms with Gasteiger partial charge in [-0.2, -0.15) is 0 Å². The van der Waals surface area contributed by atoms with Crippen molar-refractivity contribution < 1.29 is 5.11 Å². The number of piperidine rings is 1. The fraction of sp³-hybridized carbons (Fsp3) is 1.00. The lowest BCUT2D eigenvalue weighted by Gasteiger charge is -2.39. The Balaban J connectivity index is 2.48. The highest BCUT2D eigenvalue weighted by Crippen LogP contribution is 2.18. The Kier molecular flexibility index (Phi) is 4.35. The second-order valence-electron chi connectivity index (χ2n) is 4.78. The van der Waals surface area contributed by atoms with Gasteiger partial charge in [-0.3, -0.25) is 4.90 Å². The molecule has 1 saturated heterocycles. The van der Waals surface area contributed by atoms with Crippen molar-refractivity contribution in [1.29, 1.82) is 0 Å². The Morgan fingerprint density at radius 2 is 2.21 bits per heavy atom. The third-order valence-corrected chi connectivity index (χ3v) is 3.45. The summed E-state index contributed by atoms with van der Waals surface area (Å²) in [4.78, 5) is 2.48. The quantitative estimate of drug-likeness (QED) is 0.705. The van der Waals surface area contributed by atoms with Crippen LogP contribution in [0.25, 0.3) is 0 Å². The van der Waals surface area contributed by atoms with Crippen LogP contribution in [0, 0.1) is 0 Å². The van der Waals surface area contributed by atoms with Gasteiger partial charge in [0.05, 0.1) is 12.1 Å². The lowest BCUT2D eigenvalue weighted by atomic mass is 9.98. The largest absolute Gasteiger partial charge is 0.394 e. The van der Waals surface area contributed by atoms with Gasteiger partial charge >= 0.3 is 0 Å². The second kappa shape index (κ2) is 5.10. The van der Waals surface area contributed by atoms with E-state index in [1.807, 2.05) is 7.05 Å². The van der Waals surface area contributed by atoms with Crippen molar-refractivity contribution in [3.63, 3.8) is 0 Å². The summed E-state index contributed by atoms with van der Waals surface area (Å²) < 4.78 is 0. The summed E-state index contributed by atoms with van der Waals surface area (Å²) in [6.07, 6.45) is 3.95. The van der Waals surface area contributed by atoms with Gasteiger partial charge in [0.1, 0.15) is 0 Å². The first kappa shape index (κ1) is 12.0. The molecule has 0 amide bonds. The maximum absolute atomic E-state index is 9.31. The smallest absolute Gasteiger partial charge is 0.0623 e. The molecule has 0 radical (unpaired) electrons. The molecule has 3 heteroatoms. The molecule has 84 valence electrons. The van der Waals surface area contributed by atoms with Crippen molar-refractivity contribution in [2.45, 2.75) is 44.7 Å². The molecule has 0 aliphatic carbocycles. The van der Waals surface area contributed by atoms with Crippen molar-refractivity contribution in [2.24, 2.45) is 0 Å². The first-order chi connectivity index (χ1) is 6.61.